The van der Waals surface area contributed by atoms with Crippen LogP contribution in [0.4, 0.5) is 0 Å². The lowest BCUT2D eigenvalue weighted by Crippen LogP contribution is -2.52. The summed E-state index contributed by atoms with van der Waals surface area (Å²) in [7, 11) is 0. The lowest BCUT2D eigenvalue weighted by molar-refractivity contribution is 0.0987. The molecule has 2 aliphatic heterocycles. The molecule has 2 aliphatic rings. The van der Waals surface area contributed by atoms with Crippen molar-refractivity contribution in [2.24, 2.45) is 11.8 Å². The Kier molecular flexibility index (Phi) is 4.66. The maximum atomic E-state index is 3.70. The molecule has 0 bridgehead atoms. The molecule has 2 fully saturated rings. The first kappa shape index (κ1) is 12.4. The van der Waals surface area contributed by atoms with E-state index < -0.39 is 0 Å². The molecule has 2 atom stereocenters. The predicted octanol–water partition coefficient (Wildman–Crippen LogP) is 2.50. The van der Waals surface area contributed by atoms with E-state index in [0.29, 0.717) is 0 Å². The highest BCUT2D eigenvalue weighted by molar-refractivity contribution is 4.88. The van der Waals surface area contributed by atoms with Gasteiger partial charge >= 0.3 is 0 Å². The van der Waals surface area contributed by atoms with Crippen LogP contribution >= 0.6 is 0 Å². The SMILES string of the molecule is CCC(CC)CN1CCC2NCCCC2C1. The fourth-order valence-corrected chi connectivity index (χ4v) is 3.40. The Labute approximate surface area is 101 Å². The Morgan fingerprint density at radius 1 is 1.25 bits per heavy atom. The van der Waals surface area contributed by atoms with Crippen LogP contribution in [-0.4, -0.2) is 37.1 Å². The first-order chi connectivity index (χ1) is 7.83. The smallest absolute Gasteiger partial charge is 0.0120 e. The number of nitrogens with one attached hydrogen (secondary N) is 1. The van der Waals surface area contributed by atoms with Crippen molar-refractivity contribution >= 4 is 0 Å². The van der Waals surface area contributed by atoms with Crippen LogP contribution in [-0.2, 0) is 0 Å². The van der Waals surface area contributed by atoms with Gasteiger partial charge in [0.2, 0.25) is 0 Å². The molecule has 0 radical (unpaired) electrons. The minimum absolute atomic E-state index is 0.840. The van der Waals surface area contributed by atoms with Gasteiger partial charge in [0.15, 0.2) is 0 Å². The van der Waals surface area contributed by atoms with Gasteiger partial charge in [-0.2, -0.15) is 0 Å². The molecular weight excluding hydrogens is 196 g/mol. The highest BCUT2D eigenvalue weighted by Crippen LogP contribution is 2.25. The van der Waals surface area contributed by atoms with Crippen molar-refractivity contribution in [3.8, 4) is 0 Å². The van der Waals surface area contributed by atoms with Crippen molar-refractivity contribution in [2.75, 3.05) is 26.2 Å². The number of hydrogen-bond donors (Lipinski definition) is 1. The number of nitrogens with zero attached hydrogens (tertiary/aromatic N) is 1. The fourth-order valence-electron chi connectivity index (χ4n) is 3.40. The van der Waals surface area contributed by atoms with E-state index in [-0.39, 0.29) is 0 Å². The van der Waals surface area contributed by atoms with Gasteiger partial charge in [-0.3, -0.25) is 0 Å². The van der Waals surface area contributed by atoms with Crippen LogP contribution in [0.15, 0.2) is 0 Å². The molecule has 2 rings (SSSR count). The number of fused-ring (bicyclic) bond motifs is 1. The van der Waals surface area contributed by atoms with Gasteiger partial charge in [-0.15, -0.1) is 0 Å². The molecular formula is C14H28N2. The van der Waals surface area contributed by atoms with Crippen molar-refractivity contribution < 1.29 is 0 Å². The first-order valence-corrected chi connectivity index (χ1v) is 7.29. The van der Waals surface area contributed by atoms with E-state index in [1.807, 2.05) is 0 Å². The highest BCUT2D eigenvalue weighted by atomic mass is 15.2. The quantitative estimate of drug-likeness (QED) is 0.789. The van der Waals surface area contributed by atoms with Crippen molar-refractivity contribution in [1.82, 2.24) is 10.2 Å². The van der Waals surface area contributed by atoms with Gasteiger partial charge in [0, 0.05) is 19.1 Å². The average Bonchev–Trinajstić information content (AvgIpc) is 2.35. The second-order valence-electron chi connectivity index (χ2n) is 5.69. The van der Waals surface area contributed by atoms with Crippen LogP contribution in [0.25, 0.3) is 0 Å². The third-order valence-corrected chi connectivity index (χ3v) is 4.65. The summed E-state index contributed by atoms with van der Waals surface area (Å²) in [6, 6.07) is 0.840. The molecule has 0 amide bonds. The first-order valence-electron chi connectivity index (χ1n) is 7.29. The zero-order valence-corrected chi connectivity index (χ0v) is 11.0. The molecule has 0 spiro atoms. The van der Waals surface area contributed by atoms with Crippen LogP contribution in [0.5, 0.6) is 0 Å². The maximum Gasteiger partial charge on any atom is 0.0120 e. The van der Waals surface area contributed by atoms with E-state index >= 15 is 0 Å². The summed E-state index contributed by atoms with van der Waals surface area (Å²) in [4.78, 5) is 2.73. The van der Waals surface area contributed by atoms with Crippen LogP contribution in [0.2, 0.25) is 0 Å². The van der Waals surface area contributed by atoms with E-state index in [1.165, 1.54) is 58.3 Å². The summed E-state index contributed by atoms with van der Waals surface area (Å²) in [5, 5.41) is 3.70. The van der Waals surface area contributed by atoms with E-state index in [1.54, 1.807) is 0 Å². The molecule has 16 heavy (non-hydrogen) atoms. The second-order valence-corrected chi connectivity index (χ2v) is 5.69. The van der Waals surface area contributed by atoms with E-state index in [0.717, 1.165) is 17.9 Å². The summed E-state index contributed by atoms with van der Waals surface area (Å²) >= 11 is 0. The van der Waals surface area contributed by atoms with Crippen molar-refractivity contribution in [3.05, 3.63) is 0 Å². The average molecular weight is 224 g/mol. The van der Waals surface area contributed by atoms with Crippen molar-refractivity contribution in [1.29, 1.82) is 0 Å². The summed E-state index contributed by atoms with van der Waals surface area (Å²) in [6.45, 7) is 9.95. The Morgan fingerprint density at radius 2 is 2.06 bits per heavy atom. The summed E-state index contributed by atoms with van der Waals surface area (Å²) in [5.74, 6) is 1.87. The number of piperidine rings is 2. The Hall–Kier alpha value is -0.0800. The standard InChI is InChI=1S/C14H28N2/c1-3-12(4-2)10-16-9-7-14-13(11-16)6-5-8-15-14/h12-15H,3-11H2,1-2H3. The molecule has 0 aromatic rings. The minimum atomic E-state index is 0.840. The Bertz CT molecular complexity index is 201. The molecule has 0 aromatic heterocycles. The largest absolute Gasteiger partial charge is 0.314 e. The second kappa shape index (κ2) is 6.02. The monoisotopic (exact) mass is 224 g/mol. The molecule has 2 nitrogen and oxygen atoms in total. The zero-order chi connectivity index (χ0) is 11.4. The van der Waals surface area contributed by atoms with Gasteiger partial charge in [-0.1, -0.05) is 26.7 Å². The summed E-state index contributed by atoms with van der Waals surface area (Å²) in [6.07, 6.45) is 6.92. The lowest BCUT2D eigenvalue weighted by Gasteiger charge is -2.42. The Morgan fingerprint density at radius 3 is 2.81 bits per heavy atom. The maximum absolute atomic E-state index is 3.70. The van der Waals surface area contributed by atoms with E-state index in [4.69, 9.17) is 0 Å². The zero-order valence-electron chi connectivity index (χ0n) is 11.0. The van der Waals surface area contributed by atoms with Crippen molar-refractivity contribution in [3.63, 3.8) is 0 Å². The topological polar surface area (TPSA) is 15.3 Å². The molecule has 2 heteroatoms. The molecule has 2 heterocycles. The van der Waals surface area contributed by atoms with E-state index in [9.17, 15) is 0 Å². The highest BCUT2D eigenvalue weighted by Gasteiger charge is 2.31. The summed E-state index contributed by atoms with van der Waals surface area (Å²) in [5.41, 5.74) is 0. The number of hydrogen-bond acceptors (Lipinski definition) is 2. The van der Waals surface area contributed by atoms with Gasteiger partial charge < -0.3 is 10.2 Å². The molecule has 2 unspecified atom stereocenters. The fraction of sp³-hybridized carbons (Fsp3) is 1.00. The van der Waals surface area contributed by atoms with Crippen LogP contribution in [0, 0.1) is 11.8 Å². The summed E-state index contributed by atoms with van der Waals surface area (Å²) < 4.78 is 0. The molecule has 94 valence electrons. The van der Waals surface area contributed by atoms with Gasteiger partial charge in [0.25, 0.3) is 0 Å². The van der Waals surface area contributed by atoms with Gasteiger partial charge in [0.05, 0.1) is 0 Å². The van der Waals surface area contributed by atoms with Gasteiger partial charge in [0.1, 0.15) is 0 Å². The van der Waals surface area contributed by atoms with Crippen LogP contribution in [0.3, 0.4) is 0 Å². The van der Waals surface area contributed by atoms with Gasteiger partial charge in [-0.05, 0) is 44.2 Å². The normalized spacial score (nSPS) is 31.7. The van der Waals surface area contributed by atoms with Gasteiger partial charge in [-0.25, -0.2) is 0 Å². The third-order valence-electron chi connectivity index (χ3n) is 4.65. The predicted molar refractivity (Wildman–Crippen MR) is 69.6 cm³/mol. The van der Waals surface area contributed by atoms with Crippen molar-refractivity contribution in [2.45, 2.75) is 52.0 Å². The lowest BCUT2D eigenvalue weighted by atomic mass is 9.85. The molecule has 0 aliphatic carbocycles. The van der Waals surface area contributed by atoms with Crippen LogP contribution in [0.1, 0.15) is 46.0 Å². The molecule has 2 saturated heterocycles. The van der Waals surface area contributed by atoms with E-state index in [2.05, 4.69) is 24.1 Å². The minimum Gasteiger partial charge on any atom is -0.314 e. The van der Waals surface area contributed by atoms with Crippen LogP contribution < -0.4 is 5.32 Å². The number of rotatable bonds is 4. The third kappa shape index (κ3) is 2.98. The molecule has 1 N–H and O–H groups in total. The number of likely N-dealkylation sites (tertiary alicyclic amines) is 1. The molecule has 0 aromatic carbocycles. The molecule has 0 saturated carbocycles. The Balaban J connectivity index is 1.80.